The molecule has 0 saturated carbocycles. The lowest BCUT2D eigenvalue weighted by atomic mass is 9.91. The van der Waals surface area contributed by atoms with Crippen LogP contribution in [-0.4, -0.2) is 28.8 Å². The second-order valence-electron chi connectivity index (χ2n) is 5.57. The maximum absolute atomic E-state index is 12.5. The van der Waals surface area contributed by atoms with Crippen molar-refractivity contribution < 1.29 is 9.72 Å². The lowest BCUT2D eigenvalue weighted by molar-refractivity contribution is -0.385. The highest BCUT2D eigenvalue weighted by Crippen LogP contribution is 2.27. The minimum atomic E-state index is -0.560. The molecule has 0 N–H and O–H groups in total. The largest absolute Gasteiger partial charge is 0.338 e. The van der Waals surface area contributed by atoms with Gasteiger partial charge in [-0.15, -0.1) is 0 Å². The number of nitro groups is 1. The lowest BCUT2D eigenvalue weighted by Gasteiger charge is -2.34. The van der Waals surface area contributed by atoms with E-state index in [2.05, 4.69) is 13.8 Å². The normalized spacial score (nSPS) is 22.6. The van der Waals surface area contributed by atoms with Crippen LogP contribution in [0, 0.1) is 22.0 Å². The highest BCUT2D eigenvalue weighted by molar-refractivity contribution is 6.31. The molecule has 1 aromatic carbocycles. The van der Waals surface area contributed by atoms with Gasteiger partial charge in [-0.1, -0.05) is 25.4 Å². The monoisotopic (exact) mass is 296 g/mol. The first kappa shape index (κ1) is 14.8. The van der Waals surface area contributed by atoms with Crippen molar-refractivity contribution in [2.24, 2.45) is 11.8 Å². The quantitative estimate of drug-likeness (QED) is 0.621. The molecule has 1 fully saturated rings. The first-order valence-electron chi connectivity index (χ1n) is 6.61. The van der Waals surface area contributed by atoms with Crippen molar-refractivity contribution >= 4 is 23.2 Å². The van der Waals surface area contributed by atoms with Gasteiger partial charge in [0.25, 0.3) is 11.6 Å². The fourth-order valence-corrected chi connectivity index (χ4v) is 3.00. The van der Waals surface area contributed by atoms with E-state index in [0.717, 1.165) is 6.42 Å². The number of hydrogen-bond donors (Lipinski definition) is 0. The number of halogens is 1. The number of hydrogen-bond acceptors (Lipinski definition) is 3. The first-order chi connectivity index (χ1) is 9.38. The summed E-state index contributed by atoms with van der Waals surface area (Å²) in [5, 5.41) is 11.3. The summed E-state index contributed by atoms with van der Waals surface area (Å²) in [6.07, 6.45) is 1.08. The molecule has 0 bridgehead atoms. The third-order valence-electron chi connectivity index (χ3n) is 3.54. The van der Waals surface area contributed by atoms with Crippen LogP contribution in [0.4, 0.5) is 5.69 Å². The molecule has 6 heteroatoms. The van der Waals surface area contributed by atoms with Gasteiger partial charge in [-0.25, -0.2) is 0 Å². The van der Waals surface area contributed by atoms with E-state index in [4.69, 9.17) is 11.6 Å². The Kier molecular flexibility index (Phi) is 4.28. The van der Waals surface area contributed by atoms with E-state index in [1.165, 1.54) is 18.2 Å². The van der Waals surface area contributed by atoms with Crippen LogP contribution in [0.15, 0.2) is 18.2 Å². The molecule has 2 atom stereocenters. The number of piperidine rings is 1. The Labute approximate surface area is 122 Å². The summed E-state index contributed by atoms with van der Waals surface area (Å²) >= 11 is 5.77. The van der Waals surface area contributed by atoms with Crippen LogP contribution < -0.4 is 0 Å². The van der Waals surface area contributed by atoms with Gasteiger partial charge in [-0.2, -0.15) is 0 Å². The number of likely N-dealkylation sites (tertiary alicyclic amines) is 1. The molecule has 108 valence electrons. The van der Waals surface area contributed by atoms with E-state index in [1.54, 1.807) is 4.90 Å². The molecule has 1 aliphatic heterocycles. The molecule has 0 aliphatic carbocycles. The Morgan fingerprint density at radius 1 is 1.35 bits per heavy atom. The Hall–Kier alpha value is -1.62. The average Bonchev–Trinajstić information content (AvgIpc) is 2.36. The molecular weight excluding hydrogens is 280 g/mol. The molecule has 2 rings (SSSR count). The van der Waals surface area contributed by atoms with Crippen LogP contribution >= 0.6 is 11.6 Å². The third-order valence-corrected chi connectivity index (χ3v) is 3.78. The SMILES string of the molecule is CC1CC(C)CN(C(=O)c2ccc(Cl)cc2[N+](=O)[O-])C1. The van der Waals surface area contributed by atoms with Crippen molar-refractivity contribution in [3.05, 3.63) is 38.9 Å². The van der Waals surface area contributed by atoms with Crippen molar-refractivity contribution in [3.63, 3.8) is 0 Å². The topological polar surface area (TPSA) is 63.5 Å². The van der Waals surface area contributed by atoms with Crippen molar-refractivity contribution in [3.8, 4) is 0 Å². The maximum Gasteiger partial charge on any atom is 0.283 e. The lowest BCUT2D eigenvalue weighted by Crippen LogP contribution is -2.42. The van der Waals surface area contributed by atoms with Crippen LogP contribution in [0.25, 0.3) is 0 Å². The van der Waals surface area contributed by atoms with E-state index in [1.807, 2.05) is 0 Å². The highest BCUT2D eigenvalue weighted by atomic mass is 35.5. The zero-order chi connectivity index (χ0) is 14.9. The predicted octanol–water partition coefficient (Wildman–Crippen LogP) is 3.37. The Bertz CT molecular complexity index is 537. The zero-order valence-electron chi connectivity index (χ0n) is 11.5. The summed E-state index contributed by atoms with van der Waals surface area (Å²) in [6.45, 7) is 5.46. The van der Waals surface area contributed by atoms with Crippen molar-refractivity contribution in [1.29, 1.82) is 0 Å². The van der Waals surface area contributed by atoms with Gasteiger partial charge >= 0.3 is 0 Å². The summed E-state index contributed by atoms with van der Waals surface area (Å²) in [5.74, 6) is 0.537. The van der Waals surface area contributed by atoms with Crippen LogP contribution in [-0.2, 0) is 0 Å². The summed E-state index contributed by atoms with van der Waals surface area (Å²) < 4.78 is 0. The van der Waals surface area contributed by atoms with E-state index < -0.39 is 4.92 Å². The van der Waals surface area contributed by atoms with Crippen LogP contribution in [0.3, 0.4) is 0 Å². The summed E-state index contributed by atoms with van der Waals surface area (Å²) in [4.78, 5) is 24.7. The van der Waals surface area contributed by atoms with Crippen molar-refractivity contribution in [2.45, 2.75) is 20.3 Å². The fourth-order valence-electron chi connectivity index (χ4n) is 2.84. The van der Waals surface area contributed by atoms with E-state index in [0.29, 0.717) is 24.9 Å². The molecule has 0 radical (unpaired) electrons. The molecule has 1 amide bonds. The number of rotatable bonds is 2. The number of carbonyl (C=O) groups excluding carboxylic acids is 1. The summed E-state index contributed by atoms with van der Waals surface area (Å²) in [5.41, 5.74) is -0.117. The van der Waals surface area contributed by atoms with Gasteiger partial charge in [-0.3, -0.25) is 14.9 Å². The molecular formula is C14H17ClN2O3. The maximum atomic E-state index is 12.5. The van der Waals surface area contributed by atoms with Gasteiger partial charge in [0, 0.05) is 24.2 Å². The smallest absolute Gasteiger partial charge is 0.283 e. The second-order valence-corrected chi connectivity index (χ2v) is 6.01. The Balaban J connectivity index is 2.31. The Morgan fingerprint density at radius 3 is 2.50 bits per heavy atom. The predicted molar refractivity (Wildman–Crippen MR) is 77.0 cm³/mol. The fraction of sp³-hybridized carbons (Fsp3) is 0.500. The van der Waals surface area contributed by atoms with Gasteiger partial charge < -0.3 is 4.90 Å². The summed E-state index contributed by atoms with van der Waals surface area (Å²) in [7, 11) is 0. The molecule has 1 aromatic rings. The molecule has 1 saturated heterocycles. The average molecular weight is 297 g/mol. The molecule has 1 aliphatic rings. The molecule has 0 aromatic heterocycles. The molecule has 2 unspecified atom stereocenters. The zero-order valence-corrected chi connectivity index (χ0v) is 12.3. The number of nitro benzene ring substituents is 1. The van der Waals surface area contributed by atoms with Gasteiger partial charge in [-0.05, 0) is 30.4 Å². The van der Waals surface area contributed by atoms with Gasteiger partial charge in [0.2, 0.25) is 0 Å². The molecule has 5 nitrogen and oxygen atoms in total. The molecule has 1 heterocycles. The second kappa shape index (κ2) is 5.79. The van der Waals surface area contributed by atoms with Crippen LogP contribution in [0.2, 0.25) is 5.02 Å². The van der Waals surface area contributed by atoms with E-state index in [9.17, 15) is 14.9 Å². The standard InChI is InChI=1S/C14H17ClN2O3/c1-9-5-10(2)8-16(7-9)14(18)12-4-3-11(15)6-13(12)17(19)20/h3-4,6,9-10H,5,7-8H2,1-2H3. The summed E-state index contributed by atoms with van der Waals surface area (Å²) in [6, 6.07) is 4.18. The minimum absolute atomic E-state index is 0.112. The van der Waals surface area contributed by atoms with E-state index >= 15 is 0 Å². The van der Waals surface area contributed by atoms with Gasteiger partial charge in [0.15, 0.2) is 0 Å². The van der Waals surface area contributed by atoms with Crippen LogP contribution in [0.1, 0.15) is 30.6 Å². The minimum Gasteiger partial charge on any atom is -0.338 e. The number of nitrogens with zero attached hydrogens (tertiary/aromatic N) is 2. The Morgan fingerprint density at radius 2 is 1.95 bits per heavy atom. The third kappa shape index (κ3) is 3.10. The highest BCUT2D eigenvalue weighted by Gasteiger charge is 2.30. The number of amides is 1. The van der Waals surface area contributed by atoms with Gasteiger partial charge in [0.05, 0.1) is 4.92 Å². The number of carbonyl (C=O) groups is 1. The molecule has 20 heavy (non-hydrogen) atoms. The van der Waals surface area contributed by atoms with Gasteiger partial charge in [0.1, 0.15) is 5.56 Å². The van der Waals surface area contributed by atoms with Crippen molar-refractivity contribution in [1.82, 2.24) is 4.90 Å². The van der Waals surface area contributed by atoms with Crippen molar-refractivity contribution in [2.75, 3.05) is 13.1 Å². The molecule has 0 spiro atoms. The first-order valence-corrected chi connectivity index (χ1v) is 6.99. The van der Waals surface area contributed by atoms with Crippen LogP contribution in [0.5, 0.6) is 0 Å². The number of benzene rings is 1. The van der Waals surface area contributed by atoms with E-state index in [-0.39, 0.29) is 22.2 Å².